The van der Waals surface area contributed by atoms with E-state index >= 15 is 0 Å². The van der Waals surface area contributed by atoms with Gasteiger partial charge in [0, 0.05) is 29.6 Å². The van der Waals surface area contributed by atoms with Crippen LogP contribution in [0.3, 0.4) is 0 Å². The number of alkyl halides is 3. The molecule has 0 saturated heterocycles. The van der Waals surface area contributed by atoms with E-state index in [9.17, 15) is 31.5 Å². The molecular formula is C29H27F5N4O3. The molecule has 0 N–H and O–H groups in total. The molecule has 3 aromatic rings. The first kappa shape index (κ1) is 28.3. The predicted molar refractivity (Wildman–Crippen MR) is 139 cm³/mol. The van der Waals surface area contributed by atoms with Crippen molar-refractivity contribution < 1.29 is 36.3 Å². The Morgan fingerprint density at radius 1 is 1.07 bits per heavy atom. The topological polar surface area (TPSA) is 67.7 Å². The Kier molecular flexibility index (Phi) is 6.91. The first-order valence-electron chi connectivity index (χ1n) is 12.9. The third-order valence-corrected chi connectivity index (χ3v) is 7.43. The van der Waals surface area contributed by atoms with Gasteiger partial charge in [-0.2, -0.15) is 18.3 Å². The molecule has 41 heavy (non-hydrogen) atoms. The molecule has 0 unspecified atom stereocenters. The van der Waals surface area contributed by atoms with Gasteiger partial charge in [0.05, 0.1) is 37.2 Å². The number of hydrogen-bond donors (Lipinski definition) is 0. The minimum Gasteiger partial charge on any atom is -0.497 e. The number of rotatable bonds is 5. The van der Waals surface area contributed by atoms with Crippen LogP contribution < -0.4 is 4.74 Å². The lowest BCUT2D eigenvalue weighted by Gasteiger charge is -2.33. The molecule has 2 aromatic carbocycles. The van der Waals surface area contributed by atoms with E-state index in [1.807, 2.05) is 0 Å². The molecule has 2 aliphatic heterocycles. The molecule has 0 fully saturated rings. The number of likely N-dealkylation sites (N-methyl/N-ethyl adjacent to an activating group) is 1. The highest BCUT2D eigenvalue weighted by Gasteiger charge is 2.50. The van der Waals surface area contributed by atoms with Gasteiger partial charge in [-0.3, -0.25) is 14.3 Å². The molecule has 0 bridgehead atoms. The van der Waals surface area contributed by atoms with E-state index in [-0.39, 0.29) is 54.3 Å². The van der Waals surface area contributed by atoms with Crippen LogP contribution in [0, 0.1) is 11.6 Å². The van der Waals surface area contributed by atoms with Crippen LogP contribution in [0.25, 0.3) is 5.57 Å². The van der Waals surface area contributed by atoms with E-state index in [4.69, 9.17) is 4.74 Å². The second-order valence-corrected chi connectivity index (χ2v) is 10.6. The van der Waals surface area contributed by atoms with E-state index in [0.717, 1.165) is 18.2 Å². The average Bonchev–Trinajstić information content (AvgIpc) is 3.43. The Bertz CT molecular complexity index is 1570. The summed E-state index contributed by atoms with van der Waals surface area (Å²) >= 11 is 0. The fraction of sp³-hybridized carbons (Fsp3) is 0.345. The van der Waals surface area contributed by atoms with Gasteiger partial charge in [-0.15, -0.1) is 0 Å². The SMILES string of the molecule is CCN1CC2=C(C1=O)c1c(c(C(F)(F)F)nn1Cc1ccc(OC)cc1)C(C)(C)CN2C(=O)c1ccc(F)c(F)c1. The normalized spacial score (nSPS) is 16.6. The van der Waals surface area contributed by atoms with Crippen LogP contribution in [0.15, 0.2) is 48.2 Å². The van der Waals surface area contributed by atoms with Gasteiger partial charge in [-0.05, 0) is 42.8 Å². The number of benzene rings is 2. The molecule has 2 aliphatic rings. The number of fused-ring (bicyclic) bond motifs is 2. The molecule has 2 amide bonds. The zero-order chi connectivity index (χ0) is 29.9. The molecule has 0 radical (unpaired) electrons. The summed E-state index contributed by atoms with van der Waals surface area (Å²) in [5.41, 5.74) is -2.20. The van der Waals surface area contributed by atoms with Gasteiger partial charge in [0.1, 0.15) is 5.75 Å². The molecule has 0 saturated carbocycles. The summed E-state index contributed by atoms with van der Waals surface area (Å²) < 4.78 is 77.6. The summed E-state index contributed by atoms with van der Waals surface area (Å²) in [5.74, 6) is -3.13. The molecular weight excluding hydrogens is 547 g/mol. The number of nitrogens with zero attached hydrogens (tertiary/aromatic N) is 4. The third kappa shape index (κ3) is 4.85. The van der Waals surface area contributed by atoms with Crippen molar-refractivity contribution in [1.82, 2.24) is 19.6 Å². The maximum absolute atomic E-state index is 14.5. The predicted octanol–water partition coefficient (Wildman–Crippen LogP) is 5.24. The fourth-order valence-electron chi connectivity index (χ4n) is 5.45. The number of ether oxygens (including phenoxy) is 1. The van der Waals surface area contributed by atoms with Crippen molar-refractivity contribution in [2.75, 3.05) is 26.7 Å². The van der Waals surface area contributed by atoms with Crippen LogP contribution in [0.4, 0.5) is 22.0 Å². The first-order chi connectivity index (χ1) is 19.3. The van der Waals surface area contributed by atoms with Gasteiger partial charge in [0.15, 0.2) is 17.3 Å². The molecule has 12 heteroatoms. The Morgan fingerprint density at radius 2 is 1.76 bits per heavy atom. The molecule has 1 aromatic heterocycles. The monoisotopic (exact) mass is 574 g/mol. The van der Waals surface area contributed by atoms with Gasteiger partial charge in [-0.1, -0.05) is 26.0 Å². The standard InChI is InChI=1S/C29H27F5N4O3/c1-5-36-14-21-22(27(36)40)24-23(28(2,3)15-37(21)26(39)17-8-11-19(30)20(31)12-17)25(29(32,33)34)35-38(24)13-16-6-9-18(41-4)10-7-16/h6-12H,5,13-15H2,1-4H3. The number of carbonyl (C=O) groups excluding carboxylic acids is 2. The van der Waals surface area contributed by atoms with Crippen LogP contribution in [0.2, 0.25) is 0 Å². The van der Waals surface area contributed by atoms with Crippen molar-refractivity contribution in [2.24, 2.45) is 0 Å². The van der Waals surface area contributed by atoms with Crippen LogP contribution in [0.5, 0.6) is 5.75 Å². The third-order valence-electron chi connectivity index (χ3n) is 7.43. The molecule has 0 spiro atoms. The highest BCUT2D eigenvalue weighted by molar-refractivity contribution is 6.23. The van der Waals surface area contributed by atoms with Crippen molar-refractivity contribution in [1.29, 1.82) is 0 Å². The fourth-order valence-corrected chi connectivity index (χ4v) is 5.45. The maximum Gasteiger partial charge on any atom is 0.435 e. The van der Waals surface area contributed by atoms with E-state index in [0.29, 0.717) is 11.3 Å². The zero-order valence-corrected chi connectivity index (χ0v) is 22.8. The highest BCUT2D eigenvalue weighted by Crippen LogP contribution is 2.47. The molecule has 7 nitrogen and oxygen atoms in total. The lowest BCUT2D eigenvalue weighted by Crippen LogP contribution is -2.42. The van der Waals surface area contributed by atoms with Gasteiger partial charge in [0.2, 0.25) is 0 Å². The zero-order valence-electron chi connectivity index (χ0n) is 22.8. The molecule has 5 rings (SSSR count). The minimum absolute atomic E-state index is 0.0188. The number of hydrogen-bond acceptors (Lipinski definition) is 4. The van der Waals surface area contributed by atoms with Gasteiger partial charge in [-0.25, -0.2) is 8.78 Å². The molecule has 0 aliphatic carbocycles. The lowest BCUT2D eigenvalue weighted by molar-refractivity contribution is -0.142. The summed E-state index contributed by atoms with van der Waals surface area (Å²) in [6.45, 7) is 4.62. The smallest absolute Gasteiger partial charge is 0.435 e. The summed E-state index contributed by atoms with van der Waals surface area (Å²) in [4.78, 5) is 30.1. The van der Waals surface area contributed by atoms with Crippen LogP contribution in [-0.2, 0) is 22.9 Å². The van der Waals surface area contributed by atoms with Crippen molar-refractivity contribution in [2.45, 2.75) is 38.9 Å². The van der Waals surface area contributed by atoms with Gasteiger partial charge in [0.25, 0.3) is 11.8 Å². The van der Waals surface area contributed by atoms with Crippen molar-refractivity contribution in [3.05, 3.63) is 87.9 Å². The van der Waals surface area contributed by atoms with Gasteiger partial charge < -0.3 is 14.5 Å². The maximum atomic E-state index is 14.5. The van der Waals surface area contributed by atoms with E-state index in [1.165, 1.54) is 35.4 Å². The summed E-state index contributed by atoms with van der Waals surface area (Å²) in [6.07, 6.45) is -4.86. The van der Waals surface area contributed by atoms with Gasteiger partial charge >= 0.3 is 6.18 Å². The Morgan fingerprint density at radius 3 is 2.34 bits per heavy atom. The number of carbonyl (C=O) groups is 2. The minimum atomic E-state index is -4.86. The van der Waals surface area contributed by atoms with Crippen LogP contribution in [0.1, 0.15) is 53.6 Å². The van der Waals surface area contributed by atoms with Crippen molar-refractivity contribution in [3.63, 3.8) is 0 Å². The summed E-state index contributed by atoms with van der Waals surface area (Å²) in [5, 5.41) is 3.99. The second-order valence-electron chi connectivity index (χ2n) is 10.6. The van der Waals surface area contributed by atoms with Crippen LogP contribution in [-0.4, -0.2) is 58.1 Å². The second kappa shape index (κ2) is 10.0. The largest absolute Gasteiger partial charge is 0.497 e. The molecule has 216 valence electrons. The first-order valence-corrected chi connectivity index (χ1v) is 12.9. The quantitative estimate of drug-likeness (QED) is 0.391. The molecule has 3 heterocycles. The van der Waals surface area contributed by atoms with E-state index < -0.39 is 40.7 Å². The lowest BCUT2D eigenvalue weighted by atomic mass is 9.81. The number of amides is 2. The number of halogens is 5. The summed E-state index contributed by atoms with van der Waals surface area (Å²) in [7, 11) is 1.49. The van der Waals surface area contributed by atoms with E-state index in [2.05, 4.69) is 5.10 Å². The van der Waals surface area contributed by atoms with Crippen LogP contribution >= 0.6 is 0 Å². The Hall–Kier alpha value is -4.22. The van der Waals surface area contributed by atoms with Crippen molar-refractivity contribution >= 4 is 17.4 Å². The number of aromatic nitrogens is 2. The summed E-state index contributed by atoms with van der Waals surface area (Å²) in [6, 6.07) is 9.35. The number of methoxy groups -OCH3 is 1. The van der Waals surface area contributed by atoms with Crippen molar-refractivity contribution in [3.8, 4) is 5.75 Å². The highest BCUT2D eigenvalue weighted by atomic mass is 19.4. The molecule has 0 atom stereocenters. The average molecular weight is 575 g/mol. The Labute approximate surface area is 232 Å². The Balaban J connectivity index is 1.75. The van der Waals surface area contributed by atoms with E-state index in [1.54, 1.807) is 31.2 Å².